The molecule has 0 amide bonds. The summed E-state index contributed by atoms with van der Waals surface area (Å²) < 4.78 is 1.16. The minimum Gasteiger partial charge on any atom is -0.369 e. The molecule has 1 aromatic rings. The number of rotatable bonds is 6. The minimum absolute atomic E-state index is 0.385. The molecular weight excluding hydrogens is 326 g/mol. The third-order valence-corrected chi connectivity index (χ3v) is 4.71. The molecule has 1 N–H and O–H groups in total. The number of nitrogens with zero attached hydrogens (tertiary/aromatic N) is 2. The quantitative estimate of drug-likeness (QED) is 0.841. The highest BCUT2D eigenvalue weighted by Crippen LogP contribution is 2.30. The van der Waals surface area contributed by atoms with E-state index in [0.717, 1.165) is 24.1 Å². The normalized spacial score (nSPS) is 18.0. The van der Waals surface area contributed by atoms with Crippen LogP contribution in [0.25, 0.3) is 0 Å². The van der Waals surface area contributed by atoms with Crippen LogP contribution < -0.4 is 10.2 Å². The van der Waals surface area contributed by atoms with Gasteiger partial charge >= 0.3 is 0 Å². The molecular formula is C17H28BrN3. The molecule has 0 aliphatic carbocycles. The number of hydrogen-bond acceptors (Lipinski definition) is 3. The van der Waals surface area contributed by atoms with Gasteiger partial charge in [0.25, 0.3) is 0 Å². The number of benzene rings is 1. The van der Waals surface area contributed by atoms with Gasteiger partial charge in [0.05, 0.1) is 0 Å². The van der Waals surface area contributed by atoms with E-state index in [4.69, 9.17) is 0 Å². The Kier molecular flexibility index (Phi) is 6.52. The first-order valence-corrected chi connectivity index (χ1v) is 8.95. The Morgan fingerprint density at radius 2 is 1.90 bits per heavy atom. The molecule has 118 valence electrons. The first-order valence-electron chi connectivity index (χ1n) is 8.15. The van der Waals surface area contributed by atoms with Crippen molar-refractivity contribution >= 4 is 21.6 Å². The summed E-state index contributed by atoms with van der Waals surface area (Å²) in [5, 5.41) is 3.54. The van der Waals surface area contributed by atoms with Gasteiger partial charge in [-0.25, -0.2) is 0 Å². The van der Waals surface area contributed by atoms with Crippen molar-refractivity contribution in [3.05, 3.63) is 28.2 Å². The fourth-order valence-corrected chi connectivity index (χ4v) is 3.48. The molecule has 1 fully saturated rings. The Morgan fingerprint density at radius 1 is 1.19 bits per heavy atom. The Labute approximate surface area is 137 Å². The second kappa shape index (κ2) is 8.16. The monoisotopic (exact) mass is 353 g/mol. The summed E-state index contributed by atoms with van der Waals surface area (Å²) in [5.41, 5.74) is 2.79. The van der Waals surface area contributed by atoms with Crippen molar-refractivity contribution in [2.45, 2.75) is 33.2 Å². The molecule has 0 aromatic heterocycles. The SMILES string of the molecule is CCCN1CCN(c2ccc(Br)cc2C(C)NCC)CC1. The Bertz CT molecular complexity index is 442. The van der Waals surface area contributed by atoms with Crippen molar-refractivity contribution in [3.63, 3.8) is 0 Å². The maximum atomic E-state index is 3.62. The Morgan fingerprint density at radius 3 is 2.52 bits per heavy atom. The van der Waals surface area contributed by atoms with Crippen LogP contribution in [0, 0.1) is 0 Å². The number of halogens is 1. The summed E-state index contributed by atoms with van der Waals surface area (Å²) in [5.74, 6) is 0. The third-order valence-electron chi connectivity index (χ3n) is 4.22. The van der Waals surface area contributed by atoms with Gasteiger partial charge in [-0.05, 0) is 50.2 Å². The lowest BCUT2D eigenvalue weighted by molar-refractivity contribution is 0.258. The largest absolute Gasteiger partial charge is 0.369 e. The predicted molar refractivity (Wildman–Crippen MR) is 95.2 cm³/mol. The molecule has 0 bridgehead atoms. The molecule has 21 heavy (non-hydrogen) atoms. The minimum atomic E-state index is 0.385. The zero-order valence-electron chi connectivity index (χ0n) is 13.5. The average molecular weight is 354 g/mol. The lowest BCUT2D eigenvalue weighted by Gasteiger charge is -2.37. The summed E-state index contributed by atoms with van der Waals surface area (Å²) >= 11 is 3.62. The zero-order valence-corrected chi connectivity index (χ0v) is 15.1. The fraction of sp³-hybridized carbons (Fsp3) is 0.647. The van der Waals surface area contributed by atoms with Crippen molar-refractivity contribution in [1.29, 1.82) is 0 Å². The number of anilines is 1. The number of piperazine rings is 1. The van der Waals surface area contributed by atoms with Crippen LogP contribution in [-0.2, 0) is 0 Å². The molecule has 1 unspecified atom stereocenters. The zero-order chi connectivity index (χ0) is 15.2. The topological polar surface area (TPSA) is 18.5 Å². The summed E-state index contributed by atoms with van der Waals surface area (Å²) in [6.45, 7) is 13.5. The molecule has 0 radical (unpaired) electrons. The maximum absolute atomic E-state index is 3.62. The van der Waals surface area contributed by atoms with Gasteiger partial charge in [-0.1, -0.05) is 29.8 Å². The van der Waals surface area contributed by atoms with Gasteiger partial charge in [-0.2, -0.15) is 0 Å². The van der Waals surface area contributed by atoms with Gasteiger partial charge in [-0.15, -0.1) is 0 Å². The van der Waals surface area contributed by atoms with Gasteiger partial charge in [0.2, 0.25) is 0 Å². The standard InChI is InChI=1S/C17H28BrN3/c1-4-8-20-9-11-21(12-10-20)17-7-6-15(18)13-16(17)14(3)19-5-2/h6-7,13-14,19H,4-5,8-12H2,1-3H3. The summed E-state index contributed by atoms with van der Waals surface area (Å²) in [4.78, 5) is 5.12. The van der Waals surface area contributed by atoms with Gasteiger partial charge < -0.3 is 10.2 Å². The van der Waals surface area contributed by atoms with Gasteiger partial charge in [0.15, 0.2) is 0 Å². The number of hydrogen-bond donors (Lipinski definition) is 1. The maximum Gasteiger partial charge on any atom is 0.0416 e. The highest BCUT2D eigenvalue weighted by atomic mass is 79.9. The van der Waals surface area contributed by atoms with E-state index in [9.17, 15) is 0 Å². The van der Waals surface area contributed by atoms with Crippen LogP contribution in [0.1, 0.15) is 38.8 Å². The molecule has 1 aliphatic heterocycles. The van der Waals surface area contributed by atoms with E-state index >= 15 is 0 Å². The highest BCUT2D eigenvalue weighted by molar-refractivity contribution is 9.10. The van der Waals surface area contributed by atoms with E-state index in [1.165, 1.54) is 37.3 Å². The van der Waals surface area contributed by atoms with Crippen molar-refractivity contribution in [1.82, 2.24) is 10.2 Å². The Hall–Kier alpha value is -0.580. The molecule has 1 aliphatic rings. The predicted octanol–water partition coefficient (Wildman–Crippen LogP) is 3.65. The van der Waals surface area contributed by atoms with E-state index < -0.39 is 0 Å². The smallest absolute Gasteiger partial charge is 0.0416 e. The van der Waals surface area contributed by atoms with E-state index in [1.807, 2.05) is 0 Å². The third kappa shape index (κ3) is 4.44. The van der Waals surface area contributed by atoms with Crippen molar-refractivity contribution in [2.24, 2.45) is 0 Å². The van der Waals surface area contributed by atoms with Gasteiger partial charge in [-0.3, -0.25) is 4.90 Å². The molecule has 1 aromatic carbocycles. The summed E-state index contributed by atoms with van der Waals surface area (Å²) in [6.07, 6.45) is 1.25. The van der Waals surface area contributed by atoms with Crippen LogP contribution in [0.5, 0.6) is 0 Å². The van der Waals surface area contributed by atoms with E-state index in [-0.39, 0.29) is 0 Å². The molecule has 1 saturated heterocycles. The van der Waals surface area contributed by atoms with Crippen LogP contribution in [0.2, 0.25) is 0 Å². The second-order valence-corrected chi connectivity index (χ2v) is 6.73. The van der Waals surface area contributed by atoms with Crippen molar-refractivity contribution < 1.29 is 0 Å². The highest BCUT2D eigenvalue weighted by Gasteiger charge is 2.20. The van der Waals surface area contributed by atoms with E-state index in [1.54, 1.807) is 0 Å². The summed E-state index contributed by atoms with van der Waals surface area (Å²) in [6, 6.07) is 7.08. The average Bonchev–Trinajstić information content (AvgIpc) is 2.49. The molecule has 0 saturated carbocycles. The second-order valence-electron chi connectivity index (χ2n) is 5.81. The molecule has 1 atom stereocenters. The van der Waals surface area contributed by atoms with Crippen LogP contribution in [0.4, 0.5) is 5.69 Å². The van der Waals surface area contributed by atoms with Gasteiger partial charge in [0.1, 0.15) is 0 Å². The Balaban J connectivity index is 2.12. The molecule has 4 heteroatoms. The summed E-state index contributed by atoms with van der Waals surface area (Å²) in [7, 11) is 0. The first kappa shape index (κ1) is 16.8. The molecule has 3 nitrogen and oxygen atoms in total. The molecule has 1 heterocycles. The van der Waals surface area contributed by atoms with E-state index in [2.05, 4.69) is 70.0 Å². The fourth-order valence-electron chi connectivity index (χ4n) is 3.10. The van der Waals surface area contributed by atoms with Crippen molar-refractivity contribution in [2.75, 3.05) is 44.2 Å². The first-order chi connectivity index (χ1) is 10.2. The van der Waals surface area contributed by atoms with Crippen LogP contribution in [0.15, 0.2) is 22.7 Å². The van der Waals surface area contributed by atoms with Crippen molar-refractivity contribution in [3.8, 4) is 0 Å². The van der Waals surface area contributed by atoms with Crippen LogP contribution in [0.3, 0.4) is 0 Å². The molecule has 0 spiro atoms. The van der Waals surface area contributed by atoms with E-state index in [0.29, 0.717) is 6.04 Å². The van der Waals surface area contributed by atoms with Gasteiger partial charge in [0, 0.05) is 42.4 Å². The molecule has 2 rings (SSSR count). The van der Waals surface area contributed by atoms with Crippen LogP contribution >= 0.6 is 15.9 Å². The lowest BCUT2D eigenvalue weighted by atomic mass is 10.0. The van der Waals surface area contributed by atoms with Crippen LogP contribution in [-0.4, -0.2) is 44.2 Å². The number of nitrogens with one attached hydrogen (secondary N) is 1. The lowest BCUT2D eigenvalue weighted by Crippen LogP contribution is -2.47.